The fourth-order valence-electron chi connectivity index (χ4n) is 3.66. The van der Waals surface area contributed by atoms with Gasteiger partial charge in [0.2, 0.25) is 0 Å². The molecule has 4 rings (SSSR count). The molecular formula is C26H29FN4O2. The summed E-state index contributed by atoms with van der Waals surface area (Å²) in [7, 11) is 0. The van der Waals surface area contributed by atoms with Crippen LogP contribution in [0.1, 0.15) is 50.6 Å². The zero-order valence-electron chi connectivity index (χ0n) is 19.5. The number of unbranched alkanes of at least 4 members (excludes halogenated alkanes) is 1. The summed E-state index contributed by atoms with van der Waals surface area (Å²) in [6.45, 7) is 8.76. The van der Waals surface area contributed by atoms with Crippen LogP contribution in [0.2, 0.25) is 0 Å². The Bertz CT molecular complexity index is 1320. The summed E-state index contributed by atoms with van der Waals surface area (Å²) in [6, 6.07) is 14.5. The summed E-state index contributed by atoms with van der Waals surface area (Å²) in [6.07, 6.45) is 2.26. The first-order valence-electron chi connectivity index (χ1n) is 11.2. The highest BCUT2D eigenvalue weighted by Gasteiger charge is 2.15. The normalized spacial score (nSPS) is 11.8. The number of rotatable bonds is 7. The lowest BCUT2D eigenvalue weighted by molar-refractivity contribution is 0.305. The third-order valence-corrected chi connectivity index (χ3v) is 5.63. The van der Waals surface area contributed by atoms with Gasteiger partial charge in [-0.15, -0.1) is 0 Å². The molecule has 0 spiro atoms. The third kappa shape index (κ3) is 5.30. The second-order valence-electron chi connectivity index (χ2n) is 9.32. The molecule has 0 radical (unpaired) electrons. The highest BCUT2D eigenvalue weighted by Crippen LogP contribution is 2.25. The van der Waals surface area contributed by atoms with E-state index in [0.717, 1.165) is 24.2 Å². The smallest absolute Gasteiger partial charge is 0.266 e. The second kappa shape index (κ2) is 9.17. The molecule has 2 heterocycles. The van der Waals surface area contributed by atoms with Gasteiger partial charge in [-0.3, -0.25) is 9.89 Å². The van der Waals surface area contributed by atoms with Crippen LogP contribution in [-0.4, -0.2) is 26.2 Å². The highest BCUT2D eigenvalue weighted by molar-refractivity contribution is 5.58. The molecule has 33 heavy (non-hydrogen) atoms. The summed E-state index contributed by atoms with van der Waals surface area (Å²) in [5.74, 6) is 1.77. The van der Waals surface area contributed by atoms with E-state index < -0.39 is 0 Å². The average Bonchev–Trinajstić information content (AvgIpc) is 3.15. The van der Waals surface area contributed by atoms with Crippen molar-refractivity contribution in [1.29, 1.82) is 0 Å². The Morgan fingerprint density at radius 2 is 1.79 bits per heavy atom. The molecule has 0 aliphatic carbocycles. The van der Waals surface area contributed by atoms with E-state index >= 15 is 0 Å². The van der Waals surface area contributed by atoms with E-state index in [2.05, 4.69) is 43.0 Å². The minimum absolute atomic E-state index is 0.0666. The molecule has 0 aliphatic rings. The molecule has 1 N–H and O–H groups in total. The number of hydrogen-bond acceptors (Lipinski definition) is 4. The summed E-state index contributed by atoms with van der Waals surface area (Å²) >= 11 is 0. The lowest BCUT2D eigenvalue weighted by Crippen LogP contribution is -2.11. The molecule has 0 amide bonds. The van der Waals surface area contributed by atoms with E-state index in [4.69, 9.17) is 9.72 Å². The van der Waals surface area contributed by atoms with Gasteiger partial charge in [-0.25, -0.2) is 18.9 Å². The number of ether oxygens (including phenoxy) is 1. The van der Waals surface area contributed by atoms with Gasteiger partial charge >= 0.3 is 0 Å². The van der Waals surface area contributed by atoms with Crippen LogP contribution in [0.25, 0.3) is 17.0 Å². The van der Waals surface area contributed by atoms with Gasteiger partial charge < -0.3 is 4.74 Å². The first-order chi connectivity index (χ1) is 15.7. The van der Waals surface area contributed by atoms with Crippen molar-refractivity contribution in [1.82, 2.24) is 19.6 Å². The Kier molecular flexibility index (Phi) is 6.31. The molecule has 0 saturated carbocycles. The van der Waals surface area contributed by atoms with E-state index in [0.29, 0.717) is 35.8 Å². The van der Waals surface area contributed by atoms with Crippen LogP contribution in [0.4, 0.5) is 4.39 Å². The Morgan fingerprint density at radius 1 is 1.03 bits per heavy atom. The van der Waals surface area contributed by atoms with Gasteiger partial charge in [-0.05, 0) is 54.5 Å². The van der Waals surface area contributed by atoms with Crippen molar-refractivity contribution in [2.75, 3.05) is 6.61 Å². The maximum atomic E-state index is 13.4. The number of nitrogens with zero attached hydrogens (tertiary/aromatic N) is 3. The Balaban J connectivity index is 1.47. The molecule has 172 valence electrons. The minimum atomic E-state index is -0.236. The number of halogens is 1. The monoisotopic (exact) mass is 448 g/mol. The molecule has 0 atom stereocenters. The van der Waals surface area contributed by atoms with Crippen molar-refractivity contribution >= 4 is 5.65 Å². The lowest BCUT2D eigenvalue weighted by atomic mass is 9.87. The van der Waals surface area contributed by atoms with E-state index in [1.165, 1.54) is 17.7 Å². The minimum Gasteiger partial charge on any atom is -0.494 e. The molecule has 0 saturated heterocycles. The SMILES string of the molecule is Cc1cc(OCCCCc2nc(-c3ccc(C(C)(C)C)cc3)nc3cc(=O)[nH]n23)ccc1F. The molecule has 4 aromatic rings. The highest BCUT2D eigenvalue weighted by atomic mass is 19.1. The quantitative estimate of drug-likeness (QED) is 0.393. The van der Waals surface area contributed by atoms with Crippen LogP contribution in [0.5, 0.6) is 5.75 Å². The van der Waals surface area contributed by atoms with Crippen molar-refractivity contribution in [3.05, 3.63) is 81.7 Å². The van der Waals surface area contributed by atoms with Gasteiger partial charge in [0.25, 0.3) is 5.56 Å². The predicted molar refractivity (Wildman–Crippen MR) is 127 cm³/mol. The van der Waals surface area contributed by atoms with Gasteiger partial charge in [-0.2, -0.15) is 0 Å². The molecule has 6 nitrogen and oxygen atoms in total. The fraction of sp³-hybridized carbons (Fsp3) is 0.346. The second-order valence-corrected chi connectivity index (χ2v) is 9.32. The summed E-state index contributed by atoms with van der Waals surface area (Å²) < 4.78 is 20.8. The molecule has 0 unspecified atom stereocenters. The zero-order chi connectivity index (χ0) is 23.6. The predicted octanol–water partition coefficient (Wildman–Crippen LogP) is 5.23. The van der Waals surface area contributed by atoms with Crippen LogP contribution >= 0.6 is 0 Å². The number of hydrogen-bond donors (Lipinski definition) is 1. The van der Waals surface area contributed by atoms with Gasteiger partial charge in [0.05, 0.1) is 6.61 Å². The summed E-state index contributed by atoms with van der Waals surface area (Å²) in [5, 5.41) is 2.78. The Labute approximate surface area is 192 Å². The van der Waals surface area contributed by atoms with E-state index in [1.54, 1.807) is 23.6 Å². The van der Waals surface area contributed by atoms with Crippen LogP contribution in [-0.2, 0) is 11.8 Å². The lowest BCUT2D eigenvalue weighted by Gasteiger charge is -2.19. The molecule has 0 fully saturated rings. The van der Waals surface area contributed by atoms with Crippen LogP contribution < -0.4 is 10.3 Å². The number of aromatic amines is 1. The summed E-state index contributed by atoms with van der Waals surface area (Å²) in [4.78, 5) is 21.3. The number of benzene rings is 2. The number of fused-ring (bicyclic) bond motifs is 1. The number of H-pyrrole nitrogens is 1. The average molecular weight is 449 g/mol. The molecule has 7 heteroatoms. The zero-order valence-corrected chi connectivity index (χ0v) is 19.5. The number of aromatic nitrogens is 4. The van der Waals surface area contributed by atoms with E-state index in [9.17, 15) is 9.18 Å². The van der Waals surface area contributed by atoms with Crippen LogP contribution in [0, 0.1) is 12.7 Å². The van der Waals surface area contributed by atoms with Crippen LogP contribution in [0.15, 0.2) is 53.3 Å². The largest absolute Gasteiger partial charge is 0.494 e. The van der Waals surface area contributed by atoms with Gasteiger partial charge in [-0.1, -0.05) is 45.0 Å². The van der Waals surface area contributed by atoms with Gasteiger partial charge in [0, 0.05) is 18.1 Å². The first-order valence-corrected chi connectivity index (χ1v) is 11.2. The maximum absolute atomic E-state index is 13.4. The molecule has 0 bridgehead atoms. The van der Waals surface area contributed by atoms with Gasteiger partial charge in [0.15, 0.2) is 11.5 Å². The van der Waals surface area contributed by atoms with Crippen molar-refractivity contribution in [2.45, 2.75) is 52.4 Å². The van der Waals surface area contributed by atoms with Crippen LogP contribution in [0.3, 0.4) is 0 Å². The molecule has 0 aliphatic heterocycles. The molecule has 2 aromatic carbocycles. The van der Waals surface area contributed by atoms with Crippen molar-refractivity contribution < 1.29 is 9.13 Å². The van der Waals surface area contributed by atoms with Crippen molar-refractivity contribution in [3.8, 4) is 17.1 Å². The Morgan fingerprint density at radius 3 is 2.48 bits per heavy atom. The Hall–Kier alpha value is -3.48. The fourth-order valence-corrected chi connectivity index (χ4v) is 3.66. The first kappa shape index (κ1) is 22.7. The van der Waals surface area contributed by atoms with E-state index in [-0.39, 0.29) is 16.8 Å². The molecular weight excluding hydrogens is 419 g/mol. The number of nitrogens with one attached hydrogen (secondary N) is 1. The molecule has 2 aromatic heterocycles. The third-order valence-electron chi connectivity index (χ3n) is 5.63. The standard InChI is InChI=1S/C26H29FN4O2/c1-17-15-20(12-13-21(17)27)33-14-6-5-7-22-28-25(29-23-16-24(32)30-31(22)23)18-8-10-19(11-9-18)26(2,3)4/h8-13,15-16H,5-7,14H2,1-4H3,(H,30,32). The topological polar surface area (TPSA) is 72.3 Å². The summed E-state index contributed by atoms with van der Waals surface area (Å²) in [5.41, 5.74) is 3.13. The van der Waals surface area contributed by atoms with Crippen molar-refractivity contribution in [3.63, 3.8) is 0 Å². The van der Waals surface area contributed by atoms with Gasteiger partial charge in [0.1, 0.15) is 17.4 Å². The van der Waals surface area contributed by atoms with Crippen molar-refractivity contribution in [2.24, 2.45) is 0 Å². The van der Waals surface area contributed by atoms with E-state index in [1.807, 2.05) is 12.1 Å². The number of aryl methyl sites for hydroxylation is 2. The maximum Gasteiger partial charge on any atom is 0.266 e.